The van der Waals surface area contributed by atoms with Gasteiger partial charge in [0.25, 0.3) is 0 Å². The molecule has 1 aliphatic rings. The van der Waals surface area contributed by atoms with Crippen LogP contribution in [0, 0.1) is 11.3 Å². The molecular formula is C8H15NO. The summed E-state index contributed by atoms with van der Waals surface area (Å²) in [5.74, 6) is 0.483. The minimum Gasteiger partial charge on any atom is -0.369 e. The normalized spacial score (nSPS) is 37.6. The fourth-order valence-corrected chi connectivity index (χ4v) is 1.82. The van der Waals surface area contributed by atoms with Gasteiger partial charge in [-0.25, -0.2) is 0 Å². The lowest BCUT2D eigenvalue weighted by molar-refractivity contribution is -0.123. The van der Waals surface area contributed by atoms with Crippen LogP contribution in [-0.4, -0.2) is 5.91 Å². The van der Waals surface area contributed by atoms with Crippen LogP contribution in [0.3, 0.4) is 0 Å². The fourth-order valence-electron chi connectivity index (χ4n) is 1.82. The minimum atomic E-state index is -0.102. The average molecular weight is 141 g/mol. The third-order valence-electron chi connectivity index (χ3n) is 2.85. The van der Waals surface area contributed by atoms with E-state index in [1.165, 1.54) is 0 Å². The van der Waals surface area contributed by atoms with Crippen LogP contribution in [0.2, 0.25) is 0 Å². The molecule has 1 fully saturated rings. The third-order valence-corrected chi connectivity index (χ3v) is 2.85. The Morgan fingerprint density at radius 2 is 2.30 bits per heavy atom. The number of carbonyl (C=O) groups is 1. The number of primary amides is 1. The van der Waals surface area contributed by atoms with E-state index in [1.807, 2.05) is 6.92 Å². The topological polar surface area (TPSA) is 43.1 Å². The van der Waals surface area contributed by atoms with Crippen molar-refractivity contribution in [2.24, 2.45) is 17.1 Å². The van der Waals surface area contributed by atoms with Crippen LogP contribution in [0.25, 0.3) is 0 Å². The number of carbonyl (C=O) groups excluding carboxylic acids is 1. The molecule has 2 N–H and O–H groups in total. The van der Waals surface area contributed by atoms with Crippen molar-refractivity contribution in [1.82, 2.24) is 0 Å². The van der Waals surface area contributed by atoms with E-state index in [1.54, 1.807) is 0 Å². The first-order chi connectivity index (χ1) is 4.67. The van der Waals surface area contributed by atoms with Crippen molar-refractivity contribution < 1.29 is 4.79 Å². The smallest absolute Gasteiger partial charge is 0.223 e. The van der Waals surface area contributed by atoms with Gasteiger partial charge >= 0.3 is 0 Å². The molecule has 0 aliphatic heterocycles. The highest BCUT2D eigenvalue weighted by Gasteiger charge is 2.55. The maximum atomic E-state index is 10.9. The first-order valence-corrected chi connectivity index (χ1v) is 3.97. The van der Waals surface area contributed by atoms with E-state index in [0.29, 0.717) is 5.92 Å². The average Bonchev–Trinajstić information content (AvgIpc) is 2.62. The number of nitrogens with two attached hydrogens (primary N) is 1. The predicted octanol–water partition coefficient (Wildman–Crippen LogP) is 1.30. The summed E-state index contributed by atoms with van der Waals surface area (Å²) in [6.45, 7) is 4.16. The molecule has 0 saturated heterocycles. The van der Waals surface area contributed by atoms with Crippen molar-refractivity contribution in [3.8, 4) is 0 Å². The van der Waals surface area contributed by atoms with E-state index in [9.17, 15) is 4.79 Å². The zero-order chi connectivity index (χ0) is 7.78. The van der Waals surface area contributed by atoms with Gasteiger partial charge in [0.2, 0.25) is 5.91 Å². The summed E-state index contributed by atoms with van der Waals surface area (Å²) in [4.78, 5) is 10.9. The lowest BCUT2D eigenvalue weighted by Crippen LogP contribution is -2.25. The highest BCUT2D eigenvalue weighted by molar-refractivity contribution is 5.84. The summed E-state index contributed by atoms with van der Waals surface area (Å²) in [6, 6.07) is 0. The Morgan fingerprint density at radius 1 is 1.70 bits per heavy atom. The van der Waals surface area contributed by atoms with Crippen molar-refractivity contribution in [3.05, 3.63) is 0 Å². The third kappa shape index (κ3) is 0.825. The van der Waals surface area contributed by atoms with Gasteiger partial charge in [-0.05, 0) is 18.8 Å². The van der Waals surface area contributed by atoms with Crippen LogP contribution in [0.1, 0.15) is 33.1 Å². The second-order valence-corrected chi connectivity index (χ2v) is 3.18. The summed E-state index contributed by atoms with van der Waals surface area (Å²) < 4.78 is 0. The molecule has 0 aromatic carbocycles. The standard InChI is InChI=1S/C8H15NO/c1-3-6-5-8(6,4-2)7(9)10/h6H,3-5H2,1-2H3,(H2,9,10). The summed E-state index contributed by atoms with van der Waals surface area (Å²) in [5, 5.41) is 0. The van der Waals surface area contributed by atoms with E-state index in [-0.39, 0.29) is 11.3 Å². The molecule has 0 aromatic heterocycles. The van der Waals surface area contributed by atoms with Crippen LogP contribution in [0.15, 0.2) is 0 Å². The van der Waals surface area contributed by atoms with Gasteiger partial charge < -0.3 is 5.73 Å². The fraction of sp³-hybridized carbons (Fsp3) is 0.875. The molecule has 10 heavy (non-hydrogen) atoms. The van der Waals surface area contributed by atoms with Crippen molar-refractivity contribution in [2.75, 3.05) is 0 Å². The maximum Gasteiger partial charge on any atom is 0.223 e. The zero-order valence-electron chi connectivity index (χ0n) is 6.68. The Bertz CT molecular complexity index is 155. The monoisotopic (exact) mass is 141 g/mol. The van der Waals surface area contributed by atoms with Gasteiger partial charge in [0.05, 0.1) is 5.41 Å². The van der Waals surface area contributed by atoms with Crippen molar-refractivity contribution in [1.29, 1.82) is 0 Å². The Labute approximate surface area is 61.8 Å². The number of hydrogen-bond acceptors (Lipinski definition) is 1. The maximum absolute atomic E-state index is 10.9. The lowest BCUT2D eigenvalue weighted by atomic mass is 9.99. The van der Waals surface area contributed by atoms with Gasteiger partial charge in [0.1, 0.15) is 0 Å². The van der Waals surface area contributed by atoms with E-state index < -0.39 is 0 Å². The molecule has 1 saturated carbocycles. The number of amides is 1. The molecule has 1 aliphatic carbocycles. The molecule has 0 radical (unpaired) electrons. The lowest BCUT2D eigenvalue weighted by Gasteiger charge is -2.07. The quantitative estimate of drug-likeness (QED) is 0.632. The van der Waals surface area contributed by atoms with E-state index >= 15 is 0 Å². The molecule has 58 valence electrons. The van der Waals surface area contributed by atoms with E-state index in [2.05, 4.69) is 6.92 Å². The zero-order valence-corrected chi connectivity index (χ0v) is 6.68. The van der Waals surface area contributed by atoms with Gasteiger partial charge in [-0.15, -0.1) is 0 Å². The predicted molar refractivity (Wildman–Crippen MR) is 40.3 cm³/mol. The number of rotatable bonds is 3. The molecular weight excluding hydrogens is 126 g/mol. The second kappa shape index (κ2) is 2.26. The van der Waals surface area contributed by atoms with Crippen LogP contribution >= 0.6 is 0 Å². The Hall–Kier alpha value is -0.530. The van der Waals surface area contributed by atoms with E-state index in [4.69, 9.17) is 5.73 Å². The summed E-state index contributed by atoms with van der Waals surface area (Å²) in [7, 11) is 0. The van der Waals surface area contributed by atoms with Crippen molar-refractivity contribution >= 4 is 5.91 Å². The van der Waals surface area contributed by atoms with Gasteiger partial charge in [-0.1, -0.05) is 20.3 Å². The highest BCUT2D eigenvalue weighted by Crippen LogP contribution is 2.56. The molecule has 1 amide bonds. The highest BCUT2D eigenvalue weighted by atomic mass is 16.1. The Kier molecular flexibility index (Phi) is 1.71. The molecule has 0 heterocycles. The molecule has 0 aromatic rings. The number of hydrogen-bond donors (Lipinski definition) is 1. The second-order valence-electron chi connectivity index (χ2n) is 3.18. The molecule has 2 heteroatoms. The van der Waals surface area contributed by atoms with Crippen molar-refractivity contribution in [3.63, 3.8) is 0 Å². The van der Waals surface area contributed by atoms with Gasteiger partial charge in [0, 0.05) is 0 Å². The first kappa shape index (κ1) is 7.58. The van der Waals surface area contributed by atoms with Crippen LogP contribution in [0.4, 0.5) is 0 Å². The van der Waals surface area contributed by atoms with Crippen LogP contribution in [0.5, 0.6) is 0 Å². The molecule has 1 rings (SSSR count). The van der Waals surface area contributed by atoms with E-state index in [0.717, 1.165) is 19.3 Å². The molecule has 0 bridgehead atoms. The Balaban J connectivity index is 2.59. The molecule has 2 nitrogen and oxygen atoms in total. The summed E-state index contributed by atoms with van der Waals surface area (Å²) >= 11 is 0. The Morgan fingerprint density at radius 3 is 2.40 bits per heavy atom. The van der Waals surface area contributed by atoms with Crippen LogP contribution in [-0.2, 0) is 4.79 Å². The molecule has 2 unspecified atom stereocenters. The first-order valence-electron chi connectivity index (χ1n) is 3.97. The molecule has 2 atom stereocenters. The van der Waals surface area contributed by atoms with Gasteiger partial charge in [-0.2, -0.15) is 0 Å². The largest absolute Gasteiger partial charge is 0.369 e. The molecule has 0 spiro atoms. The minimum absolute atomic E-state index is 0.0955. The van der Waals surface area contributed by atoms with Gasteiger partial charge in [0.15, 0.2) is 0 Å². The van der Waals surface area contributed by atoms with Crippen LogP contribution < -0.4 is 5.73 Å². The van der Waals surface area contributed by atoms with Crippen molar-refractivity contribution in [2.45, 2.75) is 33.1 Å². The van der Waals surface area contributed by atoms with Gasteiger partial charge in [-0.3, -0.25) is 4.79 Å². The SMILES string of the molecule is CCC1CC1(CC)C(N)=O. The summed E-state index contributed by atoms with van der Waals surface area (Å²) in [6.07, 6.45) is 3.03. The summed E-state index contributed by atoms with van der Waals surface area (Å²) in [5.41, 5.74) is 5.17.